The summed E-state index contributed by atoms with van der Waals surface area (Å²) in [7, 11) is 3.92. The monoisotopic (exact) mass is 318 g/mol. The maximum absolute atomic E-state index is 5.91. The van der Waals surface area contributed by atoms with Gasteiger partial charge in [0.05, 0.1) is 12.8 Å². The highest BCUT2D eigenvalue weighted by molar-refractivity contribution is 5.62. The van der Waals surface area contributed by atoms with Gasteiger partial charge >= 0.3 is 0 Å². The van der Waals surface area contributed by atoms with E-state index < -0.39 is 0 Å². The van der Waals surface area contributed by atoms with Gasteiger partial charge in [0, 0.05) is 51.0 Å². The number of likely N-dealkylation sites (tertiary alicyclic amines) is 1. The highest BCUT2D eigenvalue weighted by Crippen LogP contribution is 2.28. The first-order valence-electron chi connectivity index (χ1n) is 8.75. The Bertz CT molecular complexity index is 514. The van der Waals surface area contributed by atoms with Gasteiger partial charge in [0.1, 0.15) is 5.75 Å². The van der Waals surface area contributed by atoms with Crippen LogP contribution >= 0.6 is 0 Å². The minimum absolute atomic E-state index is 0.705. The van der Waals surface area contributed by atoms with Crippen molar-refractivity contribution in [1.29, 1.82) is 0 Å². The molecule has 1 atom stereocenters. The number of benzene rings is 1. The lowest BCUT2D eigenvalue weighted by atomic mass is 9.97. The number of nitrogen functional groups attached to an aromatic ring is 1. The molecule has 0 radical (unpaired) electrons. The summed E-state index contributed by atoms with van der Waals surface area (Å²) in [5, 5.41) is 0. The standard InChI is InChI=1S/C18H30N4O/c1-20-7-3-4-15(13-20)14-21-8-10-22(11-9-21)16-5-6-17(19)18(12-16)23-2/h5-6,12,15H,3-4,7-11,13-14,19H2,1-2H3. The molecule has 5 nitrogen and oxygen atoms in total. The van der Waals surface area contributed by atoms with Crippen molar-refractivity contribution in [3.8, 4) is 5.75 Å². The average molecular weight is 318 g/mol. The number of piperazine rings is 1. The van der Waals surface area contributed by atoms with Gasteiger partial charge in [-0.25, -0.2) is 0 Å². The summed E-state index contributed by atoms with van der Waals surface area (Å²) < 4.78 is 5.34. The largest absolute Gasteiger partial charge is 0.495 e. The van der Waals surface area contributed by atoms with E-state index in [1.807, 2.05) is 6.07 Å². The molecule has 2 aliphatic rings. The lowest BCUT2D eigenvalue weighted by Gasteiger charge is -2.39. The molecule has 0 spiro atoms. The Kier molecular flexibility index (Phi) is 5.28. The molecule has 2 fully saturated rings. The second-order valence-corrected chi connectivity index (χ2v) is 6.98. The van der Waals surface area contributed by atoms with Crippen molar-refractivity contribution in [2.24, 2.45) is 5.92 Å². The number of nitrogens with two attached hydrogens (primary N) is 1. The fourth-order valence-electron chi connectivity index (χ4n) is 3.87. The van der Waals surface area contributed by atoms with Crippen LogP contribution < -0.4 is 15.4 Å². The molecule has 0 aliphatic carbocycles. The molecule has 1 unspecified atom stereocenters. The lowest BCUT2D eigenvalue weighted by Crippen LogP contribution is -2.49. The Morgan fingerprint density at radius 3 is 2.65 bits per heavy atom. The number of anilines is 2. The van der Waals surface area contributed by atoms with E-state index in [-0.39, 0.29) is 0 Å². The first-order chi connectivity index (χ1) is 11.2. The number of hydrogen-bond donors (Lipinski definition) is 1. The molecule has 5 heteroatoms. The number of methoxy groups -OCH3 is 1. The topological polar surface area (TPSA) is 45.0 Å². The van der Waals surface area contributed by atoms with Crippen LogP contribution in [0.5, 0.6) is 5.75 Å². The molecule has 2 N–H and O–H groups in total. The number of rotatable bonds is 4. The number of piperidine rings is 1. The number of nitrogens with zero attached hydrogens (tertiary/aromatic N) is 3. The van der Waals surface area contributed by atoms with E-state index in [0.29, 0.717) is 5.69 Å². The minimum Gasteiger partial charge on any atom is -0.495 e. The van der Waals surface area contributed by atoms with Gasteiger partial charge in [-0.05, 0) is 44.5 Å². The highest BCUT2D eigenvalue weighted by Gasteiger charge is 2.23. The van der Waals surface area contributed by atoms with Crippen LogP contribution in [0.2, 0.25) is 0 Å². The van der Waals surface area contributed by atoms with Crippen molar-refractivity contribution >= 4 is 11.4 Å². The minimum atomic E-state index is 0.705. The van der Waals surface area contributed by atoms with Crippen molar-refractivity contribution < 1.29 is 4.74 Å². The van der Waals surface area contributed by atoms with Gasteiger partial charge in [0.2, 0.25) is 0 Å². The normalized spacial score (nSPS) is 23.9. The second-order valence-electron chi connectivity index (χ2n) is 6.98. The third kappa shape index (κ3) is 4.09. The fraction of sp³-hybridized carbons (Fsp3) is 0.667. The quantitative estimate of drug-likeness (QED) is 0.857. The summed E-state index contributed by atoms with van der Waals surface area (Å²) in [5.74, 6) is 1.62. The van der Waals surface area contributed by atoms with E-state index in [1.165, 1.54) is 38.2 Å². The number of ether oxygens (including phenoxy) is 1. The third-order valence-corrected chi connectivity index (χ3v) is 5.19. The first kappa shape index (κ1) is 16.4. The van der Waals surface area contributed by atoms with Gasteiger partial charge in [-0.15, -0.1) is 0 Å². The molecule has 23 heavy (non-hydrogen) atoms. The van der Waals surface area contributed by atoms with Gasteiger partial charge in [-0.2, -0.15) is 0 Å². The molecular formula is C18H30N4O. The zero-order valence-corrected chi connectivity index (χ0v) is 14.5. The fourth-order valence-corrected chi connectivity index (χ4v) is 3.87. The van der Waals surface area contributed by atoms with E-state index >= 15 is 0 Å². The smallest absolute Gasteiger partial charge is 0.143 e. The van der Waals surface area contributed by atoms with Gasteiger partial charge in [-0.3, -0.25) is 4.90 Å². The predicted octanol–water partition coefficient (Wildman–Crippen LogP) is 1.74. The molecule has 0 aromatic heterocycles. The molecular weight excluding hydrogens is 288 g/mol. The zero-order valence-electron chi connectivity index (χ0n) is 14.5. The Morgan fingerprint density at radius 2 is 1.96 bits per heavy atom. The molecule has 0 saturated carbocycles. The summed E-state index contributed by atoms with van der Waals surface area (Å²) in [6.45, 7) is 8.23. The molecule has 0 bridgehead atoms. The van der Waals surface area contributed by atoms with E-state index in [9.17, 15) is 0 Å². The summed E-state index contributed by atoms with van der Waals surface area (Å²) in [4.78, 5) is 7.55. The van der Waals surface area contributed by atoms with Crippen molar-refractivity contribution in [2.75, 3.05) is 70.6 Å². The molecule has 2 heterocycles. The van der Waals surface area contributed by atoms with Crippen LogP contribution in [0, 0.1) is 5.92 Å². The van der Waals surface area contributed by atoms with Crippen LogP contribution in [-0.2, 0) is 0 Å². The summed E-state index contributed by atoms with van der Waals surface area (Å²) >= 11 is 0. The Morgan fingerprint density at radius 1 is 1.17 bits per heavy atom. The lowest BCUT2D eigenvalue weighted by molar-refractivity contribution is 0.147. The van der Waals surface area contributed by atoms with Gasteiger partial charge < -0.3 is 20.3 Å². The van der Waals surface area contributed by atoms with Crippen LogP contribution in [0.15, 0.2) is 18.2 Å². The molecule has 128 valence electrons. The van der Waals surface area contributed by atoms with Gasteiger partial charge in [-0.1, -0.05) is 0 Å². The van der Waals surface area contributed by atoms with Crippen LogP contribution in [0.25, 0.3) is 0 Å². The predicted molar refractivity (Wildman–Crippen MR) is 96.3 cm³/mol. The summed E-state index contributed by atoms with van der Waals surface area (Å²) in [6, 6.07) is 6.10. The van der Waals surface area contributed by atoms with Crippen LogP contribution in [0.3, 0.4) is 0 Å². The molecule has 0 amide bonds. The number of hydrogen-bond acceptors (Lipinski definition) is 5. The summed E-state index contributed by atoms with van der Waals surface area (Å²) in [6.07, 6.45) is 2.74. The molecule has 3 rings (SSSR count). The van der Waals surface area contributed by atoms with Crippen molar-refractivity contribution in [1.82, 2.24) is 9.80 Å². The average Bonchev–Trinajstić information content (AvgIpc) is 2.56. The first-order valence-corrected chi connectivity index (χ1v) is 8.75. The molecule has 2 saturated heterocycles. The SMILES string of the molecule is COc1cc(N2CCN(CC3CCCN(C)C3)CC2)ccc1N. The van der Waals surface area contributed by atoms with E-state index in [2.05, 4.69) is 33.9 Å². The van der Waals surface area contributed by atoms with Crippen molar-refractivity contribution in [3.05, 3.63) is 18.2 Å². The van der Waals surface area contributed by atoms with E-state index in [4.69, 9.17) is 10.5 Å². The zero-order chi connectivity index (χ0) is 16.2. The van der Waals surface area contributed by atoms with E-state index in [1.54, 1.807) is 7.11 Å². The Labute approximate surface area is 140 Å². The Hall–Kier alpha value is -1.46. The molecule has 2 aliphatic heterocycles. The van der Waals surface area contributed by atoms with Crippen LogP contribution in [-0.4, -0.2) is 69.8 Å². The van der Waals surface area contributed by atoms with Gasteiger partial charge in [0.15, 0.2) is 0 Å². The maximum Gasteiger partial charge on any atom is 0.143 e. The highest BCUT2D eigenvalue weighted by atomic mass is 16.5. The van der Waals surface area contributed by atoms with Crippen molar-refractivity contribution in [2.45, 2.75) is 12.8 Å². The Balaban J connectivity index is 1.52. The maximum atomic E-state index is 5.91. The molecule has 1 aromatic rings. The second kappa shape index (κ2) is 7.41. The van der Waals surface area contributed by atoms with Gasteiger partial charge in [0.25, 0.3) is 0 Å². The third-order valence-electron chi connectivity index (χ3n) is 5.19. The summed E-state index contributed by atoms with van der Waals surface area (Å²) in [5.41, 5.74) is 7.83. The van der Waals surface area contributed by atoms with Crippen LogP contribution in [0.4, 0.5) is 11.4 Å². The van der Waals surface area contributed by atoms with Crippen LogP contribution in [0.1, 0.15) is 12.8 Å². The molecule has 1 aromatic carbocycles. The van der Waals surface area contributed by atoms with Crippen molar-refractivity contribution in [3.63, 3.8) is 0 Å². The van der Waals surface area contributed by atoms with E-state index in [0.717, 1.165) is 37.8 Å².